The highest BCUT2D eigenvalue weighted by Gasteiger charge is 2.24. The molecule has 1 aromatic rings. The first-order valence-electron chi connectivity index (χ1n) is 7.34. The van der Waals surface area contributed by atoms with Crippen LogP contribution in [0.2, 0.25) is 0 Å². The Balaban J connectivity index is 2.13. The Kier molecular flexibility index (Phi) is 5.28. The number of nitrogens with one attached hydrogen (secondary N) is 1. The van der Waals surface area contributed by atoms with E-state index in [2.05, 4.69) is 54.2 Å². The lowest BCUT2D eigenvalue weighted by Gasteiger charge is -2.32. The van der Waals surface area contributed by atoms with E-state index in [1.54, 1.807) is 0 Å². The van der Waals surface area contributed by atoms with Gasteiger partial charge in [-0.05, 0) is 31.0 Å². The average molecular weight is 326 g/mol. The van der Waals surface area contributed by atoms with Crippen LogP contribution in [0.1, 0.15) is 51.6 Å². The zero-order chi connectivity index (χ0) is 13.8. The fourth-order valence-electron chi connectivity index (χ4n) is 2.99. The standard InChI is InChI=1S/C16H24BrNO/c1-4-12(5-2)11(3)18-15-8-9-19-16-7-6-13(17)10-14(15)16/h6-7,10-12,15,18H,4-5,8-9H2,1-3H3. The fourth-order valence-corrected chi connectivity index (χ4v) is 3.37. The van der Waals surface area contributed by atoms with Crippen molar-refractivity contribution in [2.45, 2.75) is 52.1 Å². The largest absolute Gasteiger partial charge is 0.493 e. The highest BCUT2D eigenvalue weighted by atomic mass is 79.9. The number of ether oxygens (including phenoxy) is 1. The minimum Gasteiger partial charge on any atom is -0.493 e. The maximum Gasteiger partial charge on any atom is 0.124 e. The predicted octanol–water partition coefficient (Wildman–Crippen LogP) is 4.69. The second-order valence-corrected chi connectivity index (χ2v) is 6.32. The topological polar surface area (TPSA) is 21.3 Å². The summed E-state index contributed by atoms with van der Waals surface area (Å²) >= 11 is 3.56. The van der Waals surface area contributed by atoms with Gasteiger partial charge in [-0.1, -0.05) is 42.6 Å². The van der Waals surface area contributed by atoms with E-state index in [0.717, 1.165) is 29.2 Å². The van der Waals surface area contributed by atoms with Gasteiger partial charge >= 0.3 is 0 Å². The van der Waals surface area contributed by atoms with Crippen LogP contribution in [0, 0.1) is 5.92 Å². The van der Waals surface area contributed by atoms with Crippen LogP contribution in [0.25, 0.3) is 0 Å². The van der Waals surface area contributed by atoms with Crippen LogP contribution in [-0.4, -0.2) is 12.6 Å². The molecular weight excluding hydrogens is 302 g/mol. The molecule has 0 saturated heterocycles. The Labute approximate surface area is 125 Å². The van der Waals surface area contributed by atoms with Crippen molar-refractivity contribution in [1.29, 1.82) is 0 Å². The minimum atomic E-state index is 0.414. The summed E-state index contributed by atoms with van der Waals surface area (Å²) in [5.74, 6) is 1.78. The number of hydrogen-bond acceptors (Lipinski definition) is 2. The molecule has 106 valence electrons. The van der Waals surface area contributed by atoms with Gasteiger partial charge in [0.05, 0.1) is 6.61 Å². The molecule has 0 saturated carbocycles. The molecule has 1 aromatic carbocycles. The lowest BCUT2D eigenvalue weighted by molar-refractivity contribution is 0.229. The van der Waals surface area contributed by atoms with Crippen LogP contribution < -0.4 is 10.1 Å². The van der Waals surface area contributed by atoms with Gasteiger partial charge < -0.3 is 10.1 Å². The number of fused-ring (bicyclic) bond motifs is 1. The van der Waals surface area contributed by atoms with E-state index in [0.29, 0.717) is 12.1 Å². The molecule has 2 nitrogen and oxygen atoms in total. The third kappa shape index (κ3) is 3.51. The summed E-state index contributed by atoms with van der Waals surface area (Å²) in [6.45, 7) is 7.68. The Morgan fingerprint density at radius 3 is 2.79 bits per heavy atom. The smallest absolute Gasteiger partial charge is 0.124 e. The average Bonchev–Trinajstić information content (AvgIpc) is 2.41. The molecular formula is C16H24BrNO. The summed E-state index contributed by atoms with van der Waals surface area (Å²) in [6, 6.07) is 7.26. The Morgan fingerprint density at radius 1 is 1.37 bits per heavy atom. The normalized spacial score (nSPS) is 19.9. The van der Waals surface area contributed by atoms with Crippen molar-refractivity contribution in [2.75, 3.05) is 6.61 Å². The zero-order valence-electron chi connectivity index (χ0n) is 12.1. The van der Waals surface area contributed by atoms with Crippen molar-refractivity contribution < 1.29 is 4.74 Å². The van der Waals surface area contributed by atoms with Gasteiger partial charge in [0.2, 0.25) is 0 Å². The minimum absolute atomic E-state index is 0.414. The molecule has 19 heavy (non-hydrogen) atoms. The first kappa shape index (κ1) is 14.9. The quantitative estimate of drug-likeness (QED) is 0.848. The van der Waals surface area contributed by atoms with Crippen LogP contribution in [-0.2, 0) is 0 Å². The number of benzene rings is 1. The number of halogens is 1. The van der Waals surface area contributed by atoms with Crippen molar-refractivity contribution in [1.82, 2.24) is 5.32 Å². The zero-order valence-corrected chi connectivity index (χ0v) is 13.7. The van der Waals surface area contributed by atoms with E-state index in [9.17, 15) is 0 Å². The van der Waals surface area contributed by atoms with Crippen LogP contribution in [0.3, 0.4) is 0 Å². The van der Waals surface area contributed by atoms with E-state index < -0.39 is 0 Å². The van der Waals surface area contributed by atoms with Crippen molar-refractivity contribution >= 4 is 15.9 Å². The highest BCUT2D eigenvalue weighted by Crippen LogP contribution is 2.34. The second-order valence-electron chi connectivity index (χ2n) is 5.40. The Morgan fingerprint density at radius 2 is 2.11 bits per heavy atom. The van der Waals surface area contributed by atoms with Crippen molar-refractivity contribution in [3.63, 3.8) is 0 Å². The third-order valence-electron chi connectivity index (χ3n) is 4.23. The van der Waals surface area contributed by atoms with Crippen LogP contribution >= 0.6 is 15.9 Å². The Bertz CT molecular complexity index is 417. The molecule has 1 N–H and O–H groups in total. The van der Waals surface area contributed by atoms with Gasteiger partial charge in [0.25, 0.3) is 0 Å². The molecule has 0 bridgehead atoms. The summed E-state index contributed by atoms with van der Waals surface area (Å²) in [6.07, 6.45) is 3.52. The second kappa shape index (κ2) is 6.76. The molecule has 2 unspecified atom stereocenters. The van der Waals surface area contributed by atoms with Crippen molar-refractivity contribution in [3.8, 4) is 5.75 Å². The summed E-state index contributed by atoms with van der Waals surface area (Å²) in [4.78, 5) is 0. The van der Waals surface area contributed by atoms with Gasteiger partial charge in [-0.2, -0.15) is 0 Å². The van der Waals surface area contributed by atoms with Crippen molar-refractivity contribution in [2.24, 2.45) is 5.92 Å². The molecule has 0 fully saturated rings. The molecule has 0 aromatic heterocycles. The summed E-state index contributed by atoms with van der Waals surface area (Å²) < 4.78 is 6.87. The van der Waals surface area contributed by atoms with E-state index in [1.165, 1.54) is 18.4 Å². The van der Waals surface area contributed by atoms with Crippen LogP contribution in [0.5, 0.6) is 5.75 Å². The number of hydrogen-bond donors (Lipinski definition) is 1. The molecule has 1 heterocycles. The fraction of sp³-hybridized carbons (Fsp3) is 0.625. The molecule has 2 rings (SSSR count). The summed E-state index contributed by atoms with van der Waals surface area (Å²) in [7, 11) is 0. The lowest BCUT2D eigenvalue weighted by atomic mass is 9.92. The molecule has 1 aliphatic heterocycles. The molecule has 0 aliphatic carbocycles. The van der Waals surface area contributed by atoms with Crippen molar-refractivity contribution in [3.05, 3.63) is 28.2 Å². The van der Waals surface area contributed by atoms with Gasteiger partial charge in [0, 0.05) is 28.5 Å². The van der Waals surface area contributed by atoms with Gasteiger partial charge in [-0.15, -0.1) is 0 Å². The molecule has 0 spiro atoms. The molecule has 1 aliphatic rings. The Hall–Kier alpha value is -0.540. The SMILES string of the molecule is CCC(CC)C(C)NC1CCOc2ccc(Br)cc21. The van der Waals surface area contributed by atoms with Gasteiger partial charge in [-0.3, -0.25) is 0 Å². The van der Waals surface area contributed by atoms with E-state index >= 15 is 0 Å². The number of rotatable bonds is 5. The van der Waals surface area contributed by atoms with Crippen LogP contribution in [0.15, 0.2) is 22.7 Å². The third-order valence-corrected chi connectivity index (χ3v) is 4.72. The van der Waals surface area contributed by atoms with E-state index in [1.807, 2.05) is 6.07 Å². The van der Waals surface area contributed by atoms with Gasteiger partial charge in [-0.25, -0.2) is 0 Å². The predicted molar refractivity (Wildman–Crippen MR) is 83.7 cm³/mol. The first-order chi connectivity index (χ1) is 9.15. The summed E-state index contributed by atoms with van der Waals surface area (Å²) in [5.41, 5.74) is 1.29. The van der Waals surface area contributed by atoms with Crippen LogP contribution in [0.4, 0.5) is 0 Å². The monoisotopic (exact) mass is 325 g/mol. The van der Waals surface area contributed by atoms with E-state index in [-0.39, 0.29) is 0 Å². The molecule has 3 heteroatoms. The summed E-state index contributed by atoms with van der Waals surface area (Å²) in [5, 5.41) is 3.80. The highest BCUT2D eigenvalue weighted by molar-refractivity contribution is 9.10. The molecule has 0 radical (unpaired) electrons. The van der Waals surface area contributed by atoms with Gasteiger partial charge in [0.1, 0.15) is 5.75 Å². The van der Waals surface area contributed by atoms with Gasteiger partial charge in [0.15, 0.2) is 0 Å². The molecule has 0 amide bonds. The molecule has 2 atom stereocenters. The maximum absolute atomic E-state index is 5.74. The lowest BCUT2D eigenvalue weighted by Crippen LogP contribution is -2.38. The van der Waals surface area contributed by atoms with E-state index in [4.69, 9.17) is 4.74 Å². The maximum atomic E-state index is 5.74. The first-order valence-corrected chi connectivity index (χ1v) is 8.13.